The smallest absolute Gasteiger partial charge is 0.243 e. The Kier molecular flexibility index (Phi) is 23.5. The Bertz CT molecular complexity index is 1710. The molecule has 1 aliphatic rings. The van der Waals surface area contributed by atoms with E-state index in [-0.39, 0.29) is 25.2 Å². The van der Waals surface area contributed by atoms with Gasteiger partial charge in [0, 0.05) is 6.42 Å². The number of nitrogens with two attached hydrogens (primary N) is 1. The van der Waals surface area contributed by atoms with Crippen LogP contribution in [-0.2, 0) is 44.8 Å². The maximum atomic E-state index is 14.4. The lowest BCUT2D eigenvalue weighted by Gasteiger charge is -2.32. The predicted molar refractivity (Wildman–Crippen MR) is 247 cm³/mol. The summed E-state index contributed by atoms with van der Waals surface area (Å²) >= 11 is 0. The zero-order chi connectivity index (χ0) is 48.3. The number of unbranched alkanes of at least 4 members (excludes halogenated alkanes) is 1. The molecule has 1 fully saturated rings. The second kappa shape index (κ2) is 27.3. The van der Waals surface area contributed by atoms with Gasteiger partial charge in [0.05, 0.1) is 0 Å². The summed E-state index contributed by atoms with van der Waals surface area (Å²) in [5.41, 5.74) is 6.49. The number of hydrogen-bond acceptors (Lipinski definition) is 9. The van der Waals surface area contributed by atoms with Crippen LogP contribution in [0.3, 0.4) is 0 Å². The molecule has 1 heterocycles. The highest BCUT2D eigenvalue weighted by Crippen LogP contribution is 2.16. The molecule has 0 spiro atoms. The molecule has 11 atom stereocenters. The highest BCUT2D eigenvalue weighted by Gasteiger charge is 2.38. The average Bonchev–Trinajstić information content (AvgIpc) is 3.25. The molecule has 1 aliphatic heterocycles. The third-order valence-corrected chi connectivity index (χ3v) is 12.2. The number of rotatable bonds is 15. The second-order valence-electron chi connectivity index (χ2n) is 18.4. The molecule has 0 bridgehead atoms. The Morgan fingerprint density at radius 3 is 1.38 bits per heavy atom. The Labute approximate surface area is 380 Å². The standard InChI is InChI=1S/C47H79N9O8/c1-12-28(8)37-45(62)49-31(11)40(57)54-38(29(9)13-2)46(63)52-34(24-26(4)5)42(59)51-35(25-32-20-16-15-17-21-32)43(60)56-39(30(10)14-3)47(64)53-36(27(6)7)44(61)50-33(41(58)55-37)22-18-19-23-48/h15-17,20-21,26-31,33-39H,12-14,18-19,22-25,48H2,1-11H3,(H,49,62)(H,50,61)(H,51,59)(H,52,63)(H,53,64)(H,54,57)(H,55,58)(H,56,60). The maximum absolute atomic E-state index is 14.4. The van der Waals surface area contributed by atoms with Gasteiger partial charge in [0.15, 0.2) is 0 Å². The normalized spacial score (nSPS) is 26.8. The van der Waals surface area contributed by atoms with E-state index in [4.69, 9.17) is 5.73 Å². The van der Waals surface area contributed by atoms with Crippen LogP contribution < -0.4 is 48.3 Å². The van der Waals surface area contributed by atoms with E-state index >= 15 is 0 Å². The van der Waals surface area contributed by atoms with Crippen LogP contribution in [0.25, 0.3) is 0 Å². The summed E-state index contributed by atoms with van der Waals surface area (Å²) in [7, 11) is 0. The molecule has 1 saturated heterocycles. The van der Waals surface area contributed by atoms with E-state index in [0.29, 0.717) is 38.6 Å². The summed E-state index contributed by atoms with van der Waals surface area (Å²) in [5, 5.41) is 22.5. The van der Waals surface area contributed by atoms with Gasteiger partial charge in [-0.2, -0.15) is 0 Å². The van der Waals surface area contributed by atoms with Crippen molar-refractivity contribution in [3.8, 4) is 0 Å². The first kappa shape index (κ1) is 55.1. The van der Waals surface area contributed by atoms with Crippen molar-refractivity contribution in [3.63, 3.8) is 0 Å². The summed E-state index contributed by atoms with van der Waals surface area (Å²) in [6.45, 7) is 20.0. The fourth-order valence-electron chi connectivity index (χ4n) is 7.36. The van der Waals surface area contributed by atoms with Gasteiger partial charge < -0.3 is 48.3 Å². The van der Waals surface area contributed by atoms with E-state index in [1.54, 1.807) is 58.9 Å². The maximum Gasteiger partial charge on any atom is 0.243 e. The molecule has 1 aromatic carbocycles. The molecule has 360 valence electrons. The molecular formula is C47H79N9O8. The van der Waals surface area contributed by atoms with Gasteiger partial charge in [-0.05, 0) is 74.3 Å². The minimum Gasteiger partial charge on any atom is -0.343 e. The van der Waals surface area contributed by atoms with Crippen LogP contribution in [0, 0.1) is 29.6 Å². The highest BCUT2D eigenvalue weighted by molar-refractivity contribution is 5.99. The van der Waals surface area contributed by atoms with Gasteiger partial charge in [0.2, 0.25) is 47.3 Å². The van der Waals surface area contributed by atoms with E-state index in [0.717, 1.165) is 5.56 Å². The number of carbonyl (C=O) groups excluding carboxylic acids is 8. The summed E-state index contributed by atoms with van der Waals surface area (Å²) in [4.78, 5) is 113. The number of nitrogens with one attached hydrogen (secondary N) is 8. The van der Waals surface area contributed by atoms with Crippen molar-refractivity contribution < 1.29 is 38.4 Å². The molecule has 0 aliphatic carbocycles. The molecule has 0 aromatic heterocycles. The van der Waals surface area contributed by atoms with Crippen LogP contribution >= 0.6 is 0 Å². The van der Waals surface area contributed by atoms with Crippen LogP contribution in [0.15, 0.2) is 30.3 Å². The molecule has 1 aromatic rings. The lowest BCUT2D eigenvalue weighted by atomic mass is 9.95. The zero-order valence-electron chi connectivity index (χ0n) is 40.1. The second-order valence-corrected chi connectivity index (χ2v) is 18.4. The molecule has 2 rings (SSSR count). The van der Waals surface area contributed by atoms with E-state index in [9.17, 15) is 38.4 Å². The SMILES string of the molecule is CCC(C)C1NC(=O)C(C)NC(=O)C(C(C)CC)NC(=O)C(CCCCN)NC(=O)C(C(C)C)NC(=O)C(C(C)CC)NC(=O)C(Cc2ccccc2)NC(=O)C(CC(C)C)NC1=O. The molecule has 8 amide bonds. The van der Waals surface area contributed by atoms with Crippen LogP contribution in [0.2, 0.25) is 0 Å². The molecule has 11 unspecified atom stereocenters. The van der Waals surface area contributed by atoms with Gasteiger partial charge in [-0.1, -0.05) is 119 Å². The van der Waals surface area contributed by atoms with Crippen LogP contribution in [0.1, 0.15) is 127 Å². The minimum atomic E-state index is -1.20. The van der Waals surface area contributed by atoms with Gasteiger partial charge in [-0.3, -0.25) is 38.4 Å². The fourth-order valence-corrected chi connectivity index (χ4v) is 7.36. The van der Waals surface area contributed by atoms with Crippen molar-refractivity contribution in [1.82, 2.24) is 42.5 Å². The third-order valence-electron chi connectivity index (χ3n) is 12.2. The summed E-state index contributed by atoms with van der Waals surface area (Å²) < 4.78 is 0. The van der Waals surface area contributed by atoms with E-state index in [1.807, 2.05) is 40.7 Å². The van der Waals surface area contributed by atoms with Crippen LogP contribution in [-0.4, -0.2) is 102 Å². The number of amides is 8. The van der Waals surface area contributed by atoms with Crippen molar-refractivity contribution in [3.05, 3.63) is 35.9 Å². The monoisotopic (exact) mass is 898 g/mol. The van der Waals surface area contributed by atoms with Gasteiger partial charge in [0.25, 0.3) is 0 Å². The molecule has 17 nitrogen and oxygen atoms in total. The van der Waals surface area contributed by atoms with Crippen molar-refractivity contribution in [2.75, 3.05) is 6.54 Å². The third kappa shape index (κ3) is 17.1. The first-order valence-electron chi connectivity index (χ1n) is 23.4. The van der Waals surface area contributed by atoms with Crippen molar-refractivity contribution in [2.24, 2.45) is 35.3 Å². The lowest BCUT2D eigenvalue weighted by molar-refractivity contribution is -0.138. The van der Waals surface area contributed by atoms with E-state index in [1.165, 1.54) is 6.92 Å². The summed E-state index contributed by atoms with van der Waals surface area (Å²) in [6, 6.07) is -0.0549. The topological polar surface area (TPSA) is 259 Å². The fraction of sp³-hybridized carbons (Fsp3) is 0.702. The molecule has 0 saturated carbocycles. The van der Waals surface area contributed by atoms with E-state index in [2.05, 4.69) is 42.5 Å². The van der Waals surface area contributed by atoms with Gasteiger partial charge in [-0.25, -0.2) is 0 Å². The first-order valence-corrected chi connectivity index (χ1v) is 23.4. The predicted octanol–water partition coefficient (Wildman–Crippen LogP) is 2.11. The molecular weight excluding hydrogens is 819 g/mol. The van der Waals surface area contributed by atoms with Crippen molar-refractivity contribution >= 4 is 47.3 Å². The first-order chi connectivity index (χ1) is 30.2. The molecule has 0 radical (unpaired) electrons. The van der Waals surface area contributed by atoms with E-state index < -0.39 is 119 Å². The summed E-state index contributed by atoms with van der Waals surface area (Å²) in [6.07, 6.45) is 2.87. The quantitative estimate of drug-likeness (QED) is 0.117. The minimum absolute atomic E-state index is 0.0489. The van der Waals surface area contributed by atoms with Gasteiger partial charge in [-0.15, -0.1) is 0 Å². The van der Waals surface area contributed by atoms with Crippen LogP contribution in [0.5, 0.6) is 0 Å². The van der Waals surface area contributed by atoms with Crippen molar-refractivity contribution in [2.45, 2.75) is 176 Å². The molecule has 64 heavy (non-hydrogen) atoms. The largest absolute Gasteiger partial charge is 0.343 e. The van der Waals surface area contributed by atoms with Gasteiger partial charge >= 0.3 is 0 Å². The van der Waals surface area contributed by atoms with Crippen LogP contribution in [0.4, 0.5) is 0 Å². The lowest BCUT2D eigenvalue weighted by Crippen LogP contribution is -2.63. The number of carbonyl (C=O) groups is 8. The summed E-state index contributed by atoms with van der Waals surface area (Å²) in [5.74, 6) is -6.89. The highest BCUT2D eigenvalue weighted by atomic mass is 16.2. The number of hydrogen-bond donors (Lipinski definition) is 9. The molecule has 17 heteroatoms. The number of benzene rings is 1. The Hall–Kier alpha value is -5.06. The average molecular weight is 898 g/mol. The Balaban J connectivity index is 2.78. The zero-order valence-corrected chi connectivity index (χ0v) is 40.1. The Morgan fingerprint density at radius 1 is 0.484 bits per heavy atom. The molecule has 10 N–H and O–H groups in total. The Morgan fingerprint density at radius 2 is 0.891 bits per heavy atom. The van der Waals surface area contributed by atoms with Crippen molar-refractivity contribution in [1.29, 1.82) is 0 Å². The van der Waals surface area contributed by atoms with Gasteiger partial charge in [0.1, 0.15) is 48.3 Å².